The third-order valence-corrected chi connectivity index (χ3v) is 5.68. The van der Waals surface area contributed by atoms with Crippen LogP contribution in [0.2, 0.25) is 0 Å². The Morgan fingerprint density at radius 3 is 2.94 bits per heavy atom. The van der Waals surface area contributed by atoms with Crippen LogP contribution >= 0.6 is 27.7 Å². The van der Waals surface area contributed by atoms with Crippen LogP contribution in [-0.4, -0.2) is 29.6 Å². The summed E-state index contributed by atoms with van der Waals surface area (Å²) < 4.78 is 1.05. The molecule has 3 nitrogen and oxygen atoms in total. The Labute approximate surface area is 122 Å². The summed E-state index contributed by atoms with van der Waals surface area (Å²) in [7, 11) is 0. The number of hydrogen-bond acceptors (Lipinski definition) is 4. The summed E-state index contributed by atoms with van der Waals surface area (Å²) in [6.07, 6.45) is 7.76. The number of halogens is 1. The molecule has 0 aliphatic carbocycles. The third-order valence-electron chi connectivity index (χ3n) is 3.59. The highest BCUT2D eigenvalue weighted by Crippen LogP contribution is 2.32. The number of nitrogen functional groups attached to an aromatic ring is 1. The maximum Gasteiger partial charge on any atom is 0.143 e. The molecule has 1 aliphatic rings. The molecule has 1 fully saturated rings. The van der Waals surface area contributed by atoms with E-state index in [-0.39, 0.29) is 0 Å². The highest BCUT2D eigenvalue weighted by atomic mass is 79.9. The largest absolute Gasteiger partial charge is 0.397 e. The second-order valence-corrected chi connectivity index (χ2v) is 6.68. The van der Waals surface area contributed by atoms with E-state index in [0.29, 0.717) is 0 Å². The SMILES string of the molecule is CSC1CCCN(c2ncc(N)c(C)c2Br)CC1. The number of aromatic nitrogens is 1. The molecule has 5 heteroatoms. The Balaban J connectivity index is 2.19. The molecule has 1 aliphatic heterocycles. The van der Waals surface area contributed by atoms with Gasteiger partial charge < -0.3 is 10.6 Å². The molecule has 0 radical (unpaired) electrons. The van der Waals surface area contributed by atoms with Crippen LogP contribution in [0.15, 0.2) is 10.7 Å². The molecule has 1 atom stereocenters. The van der Waals surface area contributed by atoms with Gasteiger partial charge in [-0.05, 0) is 53.9 Å². The van der Waals surface area contributed by atoms with Crippen molar-refractivity contribution in [3.63, 3.8) is 0 Å². The minimum absolute atomic E-state index is 0.752. The topological polar surface area (TPSA) is 42.2 Å². The zero-order valence-corrected chi connectivity index (χ0v) is 13.4. The Kier molecular flexibility index (Phi) is 4.78. The molecule has 1 unspecified atom stereocenters. The lowest BCUT2D eigenvalue weighted by Crippen LogP contribution is -2.26. The molecule has 1 aromatic rings. The summed E-state index contributed by atoms with van der Waals surface area (Å²) in [6.45, 7) is 4.21. The van der Waals surface area contributed by atoms with Crippen molar-refractivity contribution in [2.75, 3.05) is 30.0 Å². The van der Waals surface area contributed by atoms with E-state index in [1.54, 1.807) is 6.20 Å². The Bertz CT molecular complexity index is 425. The summed E-state index contributed by atoms with van der Waals surface area (Å²) in [5.41, 5.74) is 7.72. The van der Waals surface area contributed by atoms with Gasteiger partial charge in [0.05, 0.1) is 16.4 Å². The third kappa shape index (κ3) is 2.94. The zero-order chi connectivity index (χ0) is 13.1. The van der Waals surface area contributed by atoms with Gasteiger partial charge in [-0.15, -0.1) is 0 Å². The molecule has 2 rings (SSSR count). The van der Waals surface area contributed by atoms with Crippen LogP contribution < -0.4 is 10.6 Å². The van der Waals surface area contributed by atoms with Crippen molar-refractivity contribution >= 4 is 39.2 Å². The van der Waals surface area contributed by atoms with Crippen LogP contribution in [0.3, 0.4) is 0 Å². The monoisotopic (exact) mass is 329 g/mol. The summed E-state index contributed by atoms with van der Waals surface area (Å²) >= 11 is 5.62. The molecule has 18 heavy (non-hydrogen) atoms. The maximum absolute atomic E-state index is 5.88. The molecule has 1 saturated heterocycles. The first-order chi connectivity index (χ1) is 8.63. The number of thioether (sulfide) groups is 1. The van der Waals surface area contributed by atoms with Gasteiger partial charge in [-0.1, -0.05) is 0 Å². The molecule has 0 aromatic carbocycles. The van der Waals surface area contributed by atoms with Gasteiger partial charge >= 0.3 is 0 Å². The number of anilines is 2. The first kappa shape index (κ1) is 14.0. The molecule has 0 spiro atoms. The summed E-state index contributed by atoms with van der Waals surface area (Å²) in [6, 6.07) is 0. The lowest BCUT2D eigenvalue weighted by molar-refractivity contribution is 0.745. The van der Waals surface area contributed by atoms with E-state index >= 15 is 0 Å². The first-order valence-electron chi connectivity index (χ1n) is 6.31. The molecule has 0 bridgehead atoms. The van der Waals surface area contributed by atoms with Crippen molar-refractivity contribution in [1.82, 2.24) is 4.98 Å². The molecule has 0 saturated carbocycles. The van der Waals surface area contributed by atoms with Crippen LogP contribution in [-0.2, 0) is 0 Å². The van der Waals surface area contributed by atoms with E-state index in [4.69, 9.17) is 5.73 Å². The summed E-state index contributed by atoms with van der Waals surface area (Å²) in [5, 5.41) is 0.795. The summed E-state index contributed by atoms with van der Waals surface area (Å²) in [4.78, 5) is 6.88. The quantitative estimate of drug-likeness (QED) is 0.902. The molecule has 2 N–H and O–H groups in total. The Morgan fingerprint density at radius 2 is 2.22 bits per heavy atom. The van der Waals surface area contributed by atoms with E-state index in [1.165, 1.54) is 19.3 Å². The predicted molar refractivity (Wildman–Crippen MR) is 84.5 cm³/mol. The second kappa shape index (κ2) is 6.15. The molecule has 1 aromatic heterocycles. The fraction of sp³-hybridized carbons (Fsp3) is 0.615. The minimum Gasteiger partial charge on any atom is -0.397 e. The fourth-order valence-electron chi connectivity index (χ4n) is 2.31. The van der Waals surface area contributed by atoms with E-state index in [1.807, 2.05) is 18.7 Å². The standard InChI is InChI=1S/C13H20BrN3S/c1-9-11(15)8-16-13(12(9)14)17-6-3-4-10(18-2)5-7-17/h8,10H,3-7,15H2,1-2H3. The normalized spacial score (nSPS) is 20.8. The van der Waals surface area contributed by atoms with Crippen LogP contribution in [0.25, 0.3) is 0 Å². The lowest BCUT2D eigenvalue weighted by atomic mass is 10.2. The van der Waals surface area contributed by atoms with E-state index in [2.05, 4.69) is 32.1 Å². The summed E-state index contributed by atoms with van der Waals surface area (Å²) in [5.74, 6) is 1.04. The van der Waals surface area contributed by atoms with Crippen LogP contribution in [0.5, 0.6) is 0 Å². The van der Waals surface area contributed by atoms with Gasteiger partial charge in [-0.25, -0.2) is 4.98 Å². The smallest absolute Gasteiger partial charge is 0.143 e. The minimum atomic E-state index is 0.752. The number of nitrogens with zero attached hydrogens (tertiary/aromatic N) is 2. The van der Waals surface area contributed by atoms with Crippen LogP contribution in [0.1, 0.15) is 24.8 Å². The molecule has 0 amide bonds. The van der Waals surface area contributed by atoms with Gasteiger partial charge in [0.25, 0.3) is 0 Å². The van der Waals surface area contributed by atoms with Crippen molar-refractivity contribution in [2.45, 2.75) is 31.4 Å². The van der Waals surface area contributed by atoms with Gasteiger partial charge in [0.15, 0.2) is 0 Å². The number of rotatable bonds is 2. The average Bonchev–Trinajstić information content (AvgIpc) is 2.61. The zero-order valence-electron chi connectivity index (χ0n) is 10.9. The Morgan fingerprint density at radius 1 is 1.44 bits per heavy atom. The van der Waals surface area contributed by atoms with Crippen molar-refractivity contribution in [1.29, 1.82) is 0 Å². The van der Waals surface area contributed by atoms with E-state index in [0.717, 1.165) is 39.9 Å². The van der Waals surface area contributed by atoms with Crippen LogP contribution in [0, 0.1) is 6.92 Å². The maximum atomic E-state index is 5.88. The highest BCUT2D eigenvalue weighted by molar-refractivity contribution is 9.10. The van der Waals surface area contributed by atoms with E-state index in [9.17, 15) is 0 Å². The molecular formula is C13H20BrN3S. The van der Waals surface area contributed by atoms with Gasteiger partial charge in [-0.3, -0.25) is 0 Å². The van der Waals surface area contributed by atoms with Gasteiger partial charge in [0.1, 0.15) is 5.82 Å². The molecule has 100 valence electrons. The van der Waals surface area contributed by atoms with Crippen LogP contribution in [0.4, 0.5) is 11.5 Å². The van der Waals surface area contributed by atoms with Crippen molar-refractivity contribution < 1.29 is 0 Å². The predicted octanol–water partition coefficient (Wildman–Crippen LogP) is 3.46. The second-order valence-electron chi connectivity index (χ2n) is 4.75. The highest BCUT2D eigenvalue weighted by Gasteiger charge is 2.20. The fourth-order valence-corrected chi connectivity index (χ4v) is 3.64. The van der Waals surface area contributed by atoms with Gasteiger partial charge in [0.2, 0.25) is 0 Å². The number of hydrogen-bond donors (Lipinski definition) is 1. The molecule has 2 heterocycles. The van der Waals surface area contributed by atoms with Gasteiger partial charge in [0, 0.05) is 18.3 Å². The van der Waals surface area contributed by atoms with E-state index < -0.39 is 0 Å². The van der Waals surface area contributed by atoms with Crippen molar-refractivity contribution in [2.24, 2.45) is 0 Å². The molecular weight excluding hydrogens is 310 g/mol. The number of pyridine rings is 1. The van der Waals surface area contributed by atoms with Crippen molar-refractivity contribution in [3.05, 3.63) is 16.2 Å². The van der Waals surface area contributed by atoms with Crippen molar-refractivity contribution in [3.8, 4) is 0 Å². The number of nitrogens with two attached hydrogens (primary N) is 1. The Hall–Kier alpha value is -0.420. The first-order valence-corrected chi connectivity index (χ1v) is 8.40. The average molecular weight is 330 g/mol. The van der Waals surface area contributed by atoms with Gasteiger partial charge in [-0.2, -0.15) is 11.8 Å². The lowest BCUT2D eigenvalue weighted by Gasteiger charge is -2.23.